The van der Waals surface area contributed by atoms with Crippen LogP contribution >= 0.6 is 19.2 Å². The van der Waals surface area contributed by atoms with Crippen molar-refractivity contribution < 1.29 is 18.3 Å². The van der Waals surface area contributed by atoms with Crippen molar-refractivity contribution in [2.75, 3.05) is 37.4 Å². The number of hydrogen-bond acceptors (Lipinski definition) is 10. The second kappa shape index (κ2) is 12.4. The van der Waals surface area contributed by atoms with Crippen LogP contribution in [-0.4, -0.2) is 45.5 Å². The van der Waals surface area contributed by atoms with E-state index in [1.54, 1.807) is 13.8 Å². The Labute approximate surface area is 215 Å². The first-order valence-electron chi connectivity index (χ1n) is 11.7. The predicted octanol–water partition coefficient (Wildman–Crippen LogP) is 4.46. The minimum Gasteiger partial charge on any atom is -0.493 e. The molecule has 3 aromatic rings. The fourth-order valence-electron chi connectivity index (χ4n) is 3.67. The molecule has 2 heterocycles. The van der Waals surface area contributed by atoms with Gasteiger partial charge in [-0.05, 0) is 39.3 Å². The molecular formula is C23H33ClN7O4P. The lowest BCUT2D eigenvalue weighted by atomic mass is 10.3. The number of nitrogens with zero attached hydrogens (tertiary/aromatic N) is 4. The average molecular weight is 538 g/mol. The molecule has 0 aliphatic heterocycles. The molecule has 36 heavy (non-hydrogen) atoms. The first-order valence-corrected chi connectivity index (χ1v) is 13.8. The van der Waals surface area contributed by atoms with Crippen molar-refractivity contribution in [3.05, 3.63) is 41.4 Å². The Morgan fingerprint density at radius 3 is 2.53 bits per heavy atom. The molecule has 0 radical (unpaired) electrons. The largest absolute Gasteiger partial charge is 0.493 e. The molecule has 3 rings (SSSR count). The Hall–Kier alpha value is -2.85. The van der Waals surface area contributed by atoms with E-state index in [9.17, 15) is 4.57 Å². The summed E-state index contributed by atoms with van der Waals surface area (Å²) >= 11 is 5.98. The molecule has 1 aromatic carbocycles. The smallest absolute Gasteiger partial charge is 0.330 e. The fraction of sp³-hybridized carbons (Fsp3) is 0.435. The summed E-state index contributed by atoms with van der Waals surface area (Å²) in [5, 5.41) is 3.25. The molecule has 0 aliphatic carbocycles. The minimum atomic E-state index is -3.07. The summed E-state index contributed by atoms with van der Waals surface area (Å²) in [6, 6.07) is 5.71. The van der Waals surface area contributed by atoms with Crippen molar-refractivity contribution in [2.45, 2.75) is 40.3 Å². The van der Waals surface area contributed by atoms with Crippen molar-refractivity contribution in [1.82, 2.24) is 24.8 Å². The number of hydrogen-bond donors (Lipinski definition) is 3. The van der Waals surface area contributed by atoms with Crippen molar-refractivity contribution in [1.29, 1.82) is 0 Å². The van der Waals surface area contributed by atoms with Crippen LogP contribution in [0.15, 0.2) is 24.8 Å². The van der Waals surface area contributed by atoms with Gasteiger partial charge in [0.1, 0.15) is 17.3 Å². The van der Waals surface area contributed by atoms with Crippen LogP contribution in [0.3, 0.4) is 0 Å². The van der Waals surface area contributed by atoms with Crippen LogP contribution in [0.25, 0.3) is 16.7 Å². The molecule has 0 unspecified atom stereocenters. The van der Waals surface area contributed by atoms with E-state index in [1.807, 2.05) is 25.1 Å². The van der Waals surface area contributed by atoms with Gasteiger partial charge in [0.05, 0.1) is 49.3 Å². The summed E-state index contributed by atoms with van der Waals surface area (Å²) in [7, 11) is -3.07. The normalized spacial score (nSPS) is 11.7. The van der Waals surface area contributed by atoms with E-state index in [-0.39, 0.29) is 16.8 Å². The SMILES string of the molecule is C=C(NCc1nc2ccc(OCCCP(=O)(OCC)OCC)cc2n1CC)c1nc(Cl)c(N)nc1N. The standard InChI is InChI=1S/C23H33ClN7O4P/c1-5-31-18-13-16(33-11-8-12-36(32,34-6-2)35-7-3)9-10-17(18)28-19(31)14-27-15(4)20-22(25)30-23(26)21(24)29-20/h9-10,13,27H,4-8,11-12,14H2,1-3H3,(H4,25,26,30). The van der Waals surface area contributed by atoms with Crippen molar-refractivity contribution >= 4 is 47.6 Å². The van der Waals surface area contributed by atoms with Gasteiger partial charge in [-0.1, -0.05) is 18.2 Å². The number of fused-ring (bicyclic) bond motifs is 1. The Kier molecular flexibility index (Phi) is 9.56. The number of halogens is 1. The quantitative estimate of drug-likeness (QED) is 0.198. The third kappa shape index (κ3) is 6.67. The van der Waals surface area contributed by atoms with Gasteiger partial charge >= 0.3 is 7.60 Å². The topological polar surface area (TPSA) is 152 Å². The number of anilines is 2. The Bertz CT molecular complexity index is 1260. The van der Waals surface area contributed by atoms with Crippen molar-refractivity contribution in [2.24, 2.45) is 0 Å². The zero-order valence-electron chi connectivity index (χ0n) is 20.8. The number of nitrogens with one attached hydrogen (secondary N) is 1. The average Bonchev–Trinajstić information content (AvgIpc) is 3.19. The molecule has 0 saturated carbocycles. The van der Waals surface area contributed by atoms with Crippen molar-refractivity contribution in [3.63, 3.8) is 0 Å². The van der Waals surface area contributed by atoms with Crippen LogP contribution in [0.2, 0.25) is 5.15 Å². The number of nitrogen functional groups attached to an aromatic ring is 2. The monoisotopic (exact) mass is 537 g/mol. The number of benzene rings is 1. The molecule has 0 amide bonds. The highest BCUT2D eigenvalue weighted by Crippen LogP contribution is 2.48. The Balaban J connectivity index is 1.66. The summed E-state index contributed by atoms with van der Waals surface area (Å²) in [6.45, 7) is 11.8. The van der Waals surface area contributed by atoms with Gasteiger partial charge in [0.15, 0.2) is 16.8 Å². The van der Waals surface area contributed by atoms with Crippen LogP contribution < -0.4 is 21.5 Å². The van der Waals surface area contributed by atoms with E-state index in [2.05, 4.69) is 26.4 Å². The third-order valence-corrected chi connectivity index (χ3v) is 7.71. The molecule has 0 fully saturated rings. The second-order valence-electron chi connectivity index (χ2n) is 7.76. The zero-order chi connectivity index (χ0) is 26.3. The fourth-order valence-corrected chi connectivity index (χ4v) is 5.43. The van der Waals surface area contributed by atoms with Gasteiger partial charge < -0.3 is 35.1 Å². The number of rotatable bonds is 14. The maximum absolute atomic E-state index is 12.6. The van der Waals surface area contributed by atoms with E-state index >= 15 is 0 Å². The van der Waals surface area contributed by atoms with E-state index in [0.29, 0.717) is 62.6 Å². The third-order valence-electron chi connectivity index (χ3n) is 5.26. The lowest BCUT2D eigenvalue weighted by Crippen LogP contribution is -2.17. The Morgan fingerprint density at radius 2 is 1.86 bits per heavy atom. The Morgan fingerprint density at radius 1 is 1.14 bits per heavy atom. The van der Waals surface area contributed by atoms with Gasteiger partial charge in [0, 0.05) is 12.6 Å². The first kappa shape index (κ1) is 27.7. The second-order valence-corrected chi connectivity index (χ2v) is 10.3. The number of aryl methyl sites for hydroxylation is 1. The summed E-state index contributed by atoms with van der Waals surface area (Å²) in [5.41, 5.74) is 14.1. The number of imidazole rings is 1. The lowest BCUT2D eigenvalue weighted by molar-refractivity contribution is 0.216. The number of nitrogens with two attached hydrogens (primary N) is 2. The highest BCUT2D eigenvalue weighted by atomic mass is 35.5. The van der Waals surface area contributed by atoms with E-state index in [0.717, 1.165) is 16.9 Å². The summed E-state index contributed by atoms with van der Waals surface area (Å²) in [5.74, 6) is 1.70. The van der Waals surface area contributed by atoms with Gasteiger partial charge in [0.25, 0.3) is 0 Å². The molecule has 5 N–H and O–H groups in total. The van der Waals surface area contributed by atoms with Gasteiger partial charge in [-0.2, -0.15) is 0 Å². The predicted molar refractivity (Wildman–Crippen MR) is 143 cm³/mol. The zero-order valence-corrected chi connectivity index (χ0v) is 22.4. The van der Waals surface area contributed by atoms with E-state index in [1.165, 1.54) is 0 Å². The van der Waals surface area contributed by atoms with Gasteiger partial charge in [-0.15, -0.1) is 0 Å². The molecule has 0 atom stereocenters. The molecule has 0 bridgehead atoms. The maximum atomic E-state index is 12.6. The highest BCUT2D eigenvalue weighted by molar-refractivity contribution is 7.53. The molecule has 0 spiro atoms. The van der Waals surface area contributed by atoms with Crippen LogP contribution in [0.5, 0.6) is 5.75 Å². The highest BCUT2D eigenvalue weighted by Gasteiger charge is 2.22. The summed E-state index contributed by atoms with van der Waals surface area (Å²) in [6.07, 6.45) is 0.846. The summed E-state index contributed by atoms with van der Waals surface area (Å²) in [4.78, 5) is 12.9. The molecule has 0 saturated heterocycles. The molecule has 196 valence electrons. The minimum absolute atomic E-state index is 0.0640. The van der Waals surface area contributed by atoms with E-state index < -0.39 is 7.60 Å². The van der Waals surface area contributed by atoms with Crippen LogP contribution in [-0.2, 0) is 26.7 Å². The van der Waals surface area contributed by atoms with Crippen molar-refractivity contribution in [3.8, 4) is 5.75 Å². The van der Waals surface area contributed by atoms with Gasteiger partial charge in [0.2, 0.25) is 0 Å². The van der Waals surface area contributed by atoms with Gasteiger partial charge in [-0.25, -0.2) is 15.0 Å². The van der Waals surface area contributed by atoms with Crippen LogP contribution in [0.4, 0.5) is 11.6 Å². The first-order chi connectivity index (χ1) is 17.2. The lowest BCUT2D eigenvalue weighted by Gasteiger charge is -2.16. The molecule has 11 nitrogen and oxygen atoms in total. The molecule has 2 aromatic heterocycles. The van der Waals surface area contributed by atoms with Gasteiger partial charge in [-0.3, -0.25) is 4.57 Å². The summed E-state index contributed by atoms with van der Waals surface area (Å²) < 4.78 is 31.2. The number of ether oxygens (including phenoxy) is 1. The molecular weight excluding hydrogens is 505 g/mol. The maximum Gasteiger partial charge on any atom is 0.330 e. The molecule has 13 heteroatoms. The molecule has 0 aliphatic rings. The van der Waals surface area contributed by atoms with E-state index in [4.69, 9.17) is 41.8 Å². The number of aromatic nitrogens is 4. The van der Waals surface area contributed by atoms with Crippen LogP contribution in [0.1, 0.15) is 38.7 Å². The van der Waals surface area contributed by atoms with Crippen LogP contribution in [0, 0.1) is 0 Å².